The molecule has 0 bridgehead atoms. The van der Waals surface area contributed by atoms with E-state index in [1.807, 2.05) is 0 Å². The van der Waals surface area contributed by atoms with Gasteiger partial charge in [0.05, 0.1) is 11.1 Å². The Balaban J connectivity index is 1.57. The Morgan fingerprint density at radius 3 is 2.61 bits per heavy atom. The molecular weight excluding hydrogens is 435 g/mol. The zero-order chi connectivity index (χ0) is 23.8. The second kappa shape index (κ2) is 9.19. The predicted molar refractivity (Wildman–Crippen MR) is 114 cm³/mol. The minimum atomic E-state index is -2.87. The van der Waals surface area contributed by atoms with E-state index in [0.717, 1.165) is 37.8 Å². The molecular formula is C24H28F3N3O3. The van der Waals surface area contributed by atoms with Crippen molar-refractivity contribution >= 4 is 5.97 Å². The number of hydrogen-bond donors (Lipinski definition) is 1. The minimum absolute atomic E-state index is 0.0157. The molecule has 1 aliphatic carbocycles. The standard InChI is InChI=1S/C24H28F3N3O3/c1-14-28-21(30(2)29-14)12-18-20(31)13-24(33-23(18)32,16-5-3-4-6-16)10-9-15-7-8-17(22(26)27)19(25)11-15/h7-8,11,16,22,31H,3-6,9-10,12-13H2,1-2H3. The summed E-state index contributed by atoms with van der Waals surface area (Å²) in [6.45, 7) is 1.75. The van der Waals surface area contributed by atoms with Crippen LogP contribution in [-0.2, 0) is 29.4 Å². The normalized spacial score (nSPS) is 21.8. The number of aliphatic hydroxyl groups excluding tert-OH is 1. The molecule has 33 heavy (non-hydrogen) atoms. The number of rotatable bonds is 7. The molecule has 2 aromatic rings. The fourth-order valence-corrected chi connectivity index (χ4v) is 5.11. The van der Waals surface area contributed by atoms with Gasteiger partial charge in [0.15, 0.2) is 0 Å². The van der Waals surface area contributed by atoms with Crippen LogP contribution < -0.4 is 0 Å². The van der Waals surface area contributed by atoms with Gasteiger partial charge in [0, 0.05) is 19.9 Å². The zero-order valence-corrected chi connectivity index (χ0v) is 18.8. The molecule has 9 heteroatoms. The molecule has 1 fully saturated rings. The number of benzene rings is 1. The van der Waals surface area contributed by atoms with Crippen LogP contribution in [0.2, 0.25) is 0 Å². The Labute approximate surface area is 190 Å². The topological polar surface area (TPSA) is 77.2 Å². The SMILES string of the molecule is Cc1nc(CC2=C(O)CC(CCc3ccc(C(F)F)c(F)c3)(C3CCCC3)OC2=O)n(C)n1. The molecule has 1 aliphatic heterocycles. The van der Waals surface area contributed by atoms with E-state index in [-0.39, 0.29) is 30.1 Å². The third-order valence-electron chi connectivity index (χ3n) is 6.89. The number of alkyl halides is 2. The molecule has 1 aromatic carbocycles. The van der Waals surface area contributed by atoms with Crippen molar-refractivity contribution in [1.82, 2.24) is 14.8 Å². The highest BCUT2D eigenvalue weighted by molar-refractivity contribution is 5.90. The number of nitrogens with zero attached hydrogens (tertiary/aromatic N) is 3. The summed E-state index contributed by atoms with van der Waals surface area (Å²) in [6, 6.07) is 3.70. The van der Waals surface area contributed by atoms with Gasteiger partial charge >= 0.3 is 5.97 Å². The number of aromatic nitrogens is 3. The van der Waals surface area contributed by atoms with Crippen molar-refractivity contribution in [2.75, 3.05) is 0 Å². The van der Waals surface area contributed by atoms with Gasteiger partial charge in [0.1, 0.15) is 28.8 Å². The average molecular weight is 464 g/mol. The fourth-order valence-electron chi connectivity index (χ4n) is 5.11. The summed E-state index contributed by atoms with van der Waals surface area (Å²) in [5, 5.41) is 15.1. The summed E-state index contributed by atoms with van der Waals surface area (Å²) in [7, 11) is 1.72. The van der Waals surface area contributed by atoms with Crippen molar-refractivity contribution in [1.29, 1.82) is 0 Å². The van der Waals surface area contributed by atoms with Gasteiger partial charge in [-0.2, -0.15) is 5.10 Å². The molecule has 1 unspecified atom stereocenters. The molecule has 2 heterocycles. The van der Waals surface area contributed by atoms with Crippen LogP contribution in [0.3, 0.4) is 0 Å². The Kier molecular flexibility index (Phi) is 6.50. The maximum Gasteiger partial charge on any atom is 0.338 e. The molecule has 1 aromatic heterocycles. The largest absolute Gasteiger partial charge is 0.512 e. The summed E-state index contributed by atoms with van der Waals surface area (Å²) in [5.41, 5.74) is -0.812. The molecule has 0 saturated heterocycles. The molecule has 2 aliphatic rings. The molecule has 0 radical (unpaired) electrons. The molecule has 0 amide bonds. The average Bonchev–Trinajstić information content (AvgIpc) is 3.39. The third kappa shape index (κ3) is 4.77. The monoisotopic (exact) mass is 463 g/mol. The number of ether oxygens (including phenoxy) is 1. The van der Waals surface area contributed by atoms with Crippen LogP contribution in [-0.4, -0.2) is 31.4 Å². The van der Waals surface area contributed by atoms with Crippen LogP contribution in [0.5, 0.6) is 0 Å². The van der Waals surface area contributed by atoms with Gasteiger partial charge in [-0.15, -0.1) is 0 Å². The predicted octanol–water partition coefficient (Wildman–Crippen LogP) is 5.06. The number of esters is 1. The number of hydrogen-bond acceptors (Lipinski definition) is 5. The summed E-state index contributed by atoms with van der Waals surface area (Å²) in [5.74, 6) is -0.339. The zero-order valence-electron chi connectivity index (χ0n) is 18.8. The van der Waals surface area contributed by atoms with E-state index in [9.17, 15) is 23.1 Å². The lowest BCUT2D eigenvalue weighted by Gasteiger charge is -2.42. The van der Waals surface area contributed by atoms with Gasteiger partial charge < -0.3 is 9.84 Å². The third-order valence-corrected chi connectivity index (χ3v) is 6.89. The van der Waals surface area contributed by atoms with Gasteiger partial charge in [-0.3, -0.25) is 4.68 Å². The first-order valence-corrected chi connectivity index (χ1v) is 11.3. The van der Waals surface area contributed by atoms with Gasteiger partial charge in [-0.05, 0) is 50.2 Å². The molecule has 4 rings (SSSR count). The maximum atomic E-state index is 14.1. The molecule has 1 atom stereocenters. The highest BCUT2D eigenvalue weighted by Crippen LogP contribution is 2.46. The smallest absolute Gasteiger partial charge is 0.338 e. The number of halogens is 3. The van der Waals surface area contributed by atoms with E-state index in [1.54, 1.807) is 18.7 Å². The Morgan fingerprint density at radius 2 is 2.03 bits per heavy atom. The fraction of sp³-hybridized carbons (Fsp3) is 0.542. The van der Waals surface area contributed by atoms with Crippen LogP contribution in [0.4, 0.5) is 13.2 Å². The van der Waals surface area contributed by atoms with Crippen molar-refractivity contribution < 1.29 is 27.8 Å². The van der Waals surface area contributed by atoms with Crippen LogP contribution in [0.15, 0.2) is 29.5 Å². The van der Waals surface area contributed by atoms with E-state index < -0.39 is 29.4 Å². The summed E-state index contributed by atoms with van der Waals surface area (Å²) >= 11 is 0. The first-order valence-electron chi connectivity index (χ1n) is 11.3. The van der Waals surface area contributed by atoms with Gasteiger partial charge in [-0.1, -0.05) is 25.0 Å². The molecule has 1 N–H and O–H groups in total. The van der Waals surface area contributed by atoms with Crippen molar-refractivity contribution in [3.63, 3.8) is 0 Å². The summed E-state index contributed by atoms with van der Waals surface area (Å²) in [4.78, 5) is 17.3. The van der Waals surface area contributed by atoms with Crippen LogP contribution in [0.1, 0.15) is 67.7 Å². The molecule has 0 spiro atoms. The first-order chi connectivity index (χ1) is 15.7. The Bertz CT molecular complexity index is 1080. The van der Waals surface area contributed by atoms with E-state index in [1.165, 1.54) is 6.07 Å². The number of aliphatic hydroxyl groups is 1. The minimum Gasteiger partial charge on any atom is -0.512 e. The number of carbonyl (C=O) groups excluding carboxylic acids is 1. The van der Waals surface area contributed by atoms with Crippen LogP contribution in [0, 0.1) is 18.7 Å². The van der Waals surface area contributed by atoms with Gasteiger partial charge in [0.25, 0.3) is 6.43 Å². The molecule has 1 saturated carbocycles. The van der Waals surface area contributed by atoms with E-state index in [0.29, 0.717) is 30.1 Å². The molecule has 6 nitrogen and oxygen atoms in total. The van der Waals surface area contributed by atoms with Crippen molar-refractivity contribution in [2.45, 2.75) is 70.3 Å². The van der Waals surface area contributed by atoms with Crippen molar-refractivity contribution in [3.8, 4) is 0 Å². The van der Waals surface area contributed by atoms with Crippen LogP contribution in [0.25, 0.3) is 0 Å². The van der Waals surface area contributed by atoms with Crippen molar-refractivity contribution in [2.24, 2.45) is 13.0 Å². The van der Waals surface area contributed by atoms with Crippen molar-refractivity contribution in [3.05, 3.63) is 58.1 Å². The number of aryl methyl sites for hydroxylation is 3. The van der Waals surface area contributed by atoms with Gasteiger partial charge in [0.2, 0.25) is 0 Å². The second-order valence-electron chi connectivity index (χ2n) is 9.07. The van der Waals surface area contributed by atoms with E-state index in [4.69, 9.17) is 4.74 Å². The Morgan fingerprint density at radius 1 is 1.30 bits per heavy atom. The highest BCUT2D eigenvalue weighted by Gasteiger charge is 2.48. The second-order valence-corrected chi connectivity index (χ2v) is 9.07. The molecule has 178 valence electrons. The highest BCUT2D eigenvalue weighted by atomic mass is 19.3. The lowest BCUT2D eigenvalue weighted by atomic mass is 9.76. The summed E-state index contributed by atoms with van der Waals surface area (Å²) < 4.78 is 47.4. The Hall–Kier alpha value is -2.84. The first kappa shape index (κ1) is 23.3. The maximum absolute atomic E-state index is 14.1. The number of carbonyl (C=O) groups is 1. The van der Waals surface area contributed by atoms with E-state index in [2.05, 4.69) is 10.1 Å². The summed E-state index contributed by atoms with van der Waals surface area (Å²) in [6.07, 6.45) is 1.90. The quantitative estimate of drug-likeness (QED) is 0.581. The van der Waals surface area contributed by atoms with Gasteiger partial charge in [-0.25, -0.2) is 22.9 Å². The lowest BCUT2D eigenvalue weighted by molar-refractivity contribution is -0.167. The lowest BCUT2D eigenvalue weighted by Crippen LogP contribution is -2.46. The van der Waals surface area contributed by atoms with Crippen LogP contribution >= 0.6 is 0 Å². The van der Waals surface area contributed by atoms with E-state index >= 15 is 0 Å². The number of cyclic esters (lactones) is 1.